The summed E-state index contributed by atoms with van der Waals surface area (Å²) in [6.45, 7) is 1.86. The SMILES string of the molecule is NC1CCCN(c2conn2)C1. The highest BCUT2D eigenvalue weighted by Crippen LogP contribution is 2.15. The number of nitrogens with zero attached hydrogens (tertiary/aromatic N) is 3. The van der Waals surface area contributed by atoms with Gasteiger partial charge >= 0.3 is 0 Å². The summed E-state index contributed by atoms with van der Waals surface area (Å²) in [5, 5.41) is 7.24. The van der Waals surface area contributed by atoms with Crippen molar-refractivity contribution in [2.24, 2.45) is 5.73 Å². The fourth-order valence-electron chi connectivity index (χ4n) is 1.52. The highest BCUT2D eigenvalue weighted by atomic mass is 16.5. The molecule has 2 N–H and O–H groups in total. The second-order valence-electron chi connectivity index (χ2n) is 3.11. The number of rotatable bonds is 1. The van der Waals surface area contributed by atoms with Crippen molar-refractivity contribution < 1.29 is 4.52 Å². The van der Waals surface area contributed by atoms with Crippen LogP contribution in [-0.4, -0.2) is 29.5 Å². The van der Waals surface area contributed by atoms with Crippen molar-refractivity contribution in [2.45, 2.75) is 18.9 Å². The van der Waals surface area contributed by atoms with E-state index in [1.807, 2.05) is 0 Å². The number of aromatic nitrogens is 2. The zero-order valence-corrected chi connectivity index (χ0v) is 6.81. The van der Waals surface area contributed by atoms with E-state index in [4.69, 9.17) is 5.73 Å². The van der Waals surface area contributed by atoms with E-state index < -0.39 is 0 Å². The lowest BCUT2D eigenvalue weighted by Gasteiger charge is -2.29. The molecule has 1 saturated heterocycles. The number of piperidine rings is 1. The van der Waals surface area contributed by atoms with Crippen LogP contribution in [0.25, 0.3) is 0 Å². The molecule has 5 nitrogen and oxygen atoms in total. The lowest BCUT2D eigenvalue weighted by Crippen LogP contribution is -2.43. The fraction of sp³-hybridized carbons (Fsp3) is 0.714. The Labute approximate surface area is 70.5 Å². The van der Waals surface area contributed by atoms with Crippen molar-refractivity contribution in [3.8, 4) is 0 Å². The summed E-state index contributed by atoms with van der Waals surface area (Å²) in [5.74, 6) is 0.796. The second-order valence-corrected chi connectivity index (χ2v) is 3.11. The van der Waals surface area contributed by atoms with Crippen LogP contribution in [0.1, 0.15) is 12.8 Å². The highest BCUT2D eigenvalue weighted by molar-refractivity contribution is 5.33. The Balaban J connectivity index is 2.04. The molecule has 0 saturated carbocycles. The molecule has 12 heavy (non-hydrogen) atoms. The third-order valence-corrected chi connectivity index (χ3v) is 2.13. The van der Waals surface area contributed by atoms with Crippen molar-refractivity contribution in [3.05, 3.63) is 6.26 Å². The van der Waals surface area contributed by atoms with Crippen LogP contribution >= 0.6 is 0 Å². The first-order valence-corrected chi connectivity index (χ1v) is 4.14. The van der Waals surface area contributed by atoms with E-state index in [0.29, 0.717) is 0 Å². The minimum atomic E-state index is 0.260. The van der Waals surface area contributed by atoms with Gasteiger partial charge in [0.05, 0.1) is 0 Å². The molecular formula is C7H12N4O. The maximum Gasteiger partial charge on any atom is 0.192 e. The normalized spacial score (nSPS) is 24.4. The molecule has 1 unspecified atom stereocenters. The van der Waals surface area contributed by atoms with Gasteiger partial charge in [0, 0.05) is 24.4 Å². The van der Waals surface area contributed by atoms with Crippen molar-refractivity contribution in [2.75, 3.05) is 18.0 Å². The summed E-state index contributed by atoms with van der Waals surface area (Å²) in [7, 11) is 0. The Kier molecular flexibility index (Phi) is 1.95. The Morgan fingerprint density at radius 1 is 1.67 bits per heavy atom. The van der Waals surface area contributed by atoms with Crippen molar-refractivity contribution in [3.63, 3.8) is 0 Å². The van der Waals surface area contributed by atoms with Gasteiger partial charge in [0.25, 0.3) is 0 Å². The predicted octanol–water partition coefficient (Wildman–Crippen LogP) is -0.00290. The lowest BCUT2D eigenvalue weighted by atomic mass is 10.1. The van der Waals surface area contributed by atoms with E-state index in [1.54, 1.807) is 6.26 Å². The molecule has 0 amide bonds. The topological polar surface area (TPSA) is 68.2 Å². The molecule has 1 aromatic heterocycles. The van der Waals surface area contributed by atoms with Gasteiger partial charge in [0.15, 0.2) is 12.1 Å². The van der Waals surface area contributed by atoms with Crippen LogP contribution in [0.5, 0.6) is 0 Å². The molecule has 66 valence electrons. The minimum Gasteiger partial charge on any atom is -0.351 e. The van der Waals surface area contributed by atoms with Crippen LogP contribution in [-0.2, 0) is 0 Å². The molecule has 0 radical (unpaired) electrons. The molecule has 1 aliphatic heterocycles. The van der Waals surface area contributed by atoms with Crippen LogP contribution in [0.4, 0.5) is 5.82 Å². The van der Waals surface area contributed by atoms with Gasteiger partial charge in [-0.1, -0.05) is 5.10 Å². The van der Waals surface area contributed by atoms with Crippen molar-refractivity contribution in [1.29, 1.82) is 0 Å². The minimum absolute atomic E-state index is 0.260. The van der Waals surface area contributed by atoms with E-state index in [2.05, 4.69) is 19.8 Å². The van der Waals surface area contributed by atoms with Gasteiger partial charge in [0.1, 0.15) is 0 Å². The average Bonchev–Trinajstić information content (AvgIpc) is 2.56. The quantitative estimate of drug-likeness (QED) is 0.639. The third-order valence-electron chi connectivity index (χ3n) is 2.13. The molecule has 0 bridgehead atoms. The summed E-state index contributed by atoms with van der Waals surface area (Å²) in [5.41, 5.74) is 5.81. The molecule has 1 aromatic rings. The monoisotopic (exact) mass is 168 g/mol. The standard InChI is InChI=1S/C7H12N4O/c8-6-2-1-3-11(4-6)7-5-12-10-9-7/h5-6H,1-4,8H2. The zero-order valence-electron chi connectivity index (χ0n) is 6.81. The second kappa shape index (κ2) is 3.10. The Morgan fingerprint density at radius 2 is 2.58 bits per heavy atom. The van der Waals surface area contributed by atoms with E-state index in [1.165, 1.54) is 0 Å². The Morgan fingerprint density at radius 3 is 3.25 bits per heavy atom. The number of hydrogen-bond acceptors (Lipinski definition) is 5. The third kappa shape index (κ3) is 1.40. The first kappa shape index (κ1) is 7.54. The van der Waals surface area contributed by atoms with E-state index in [9.17, 15) is 0 Å². The van der Waals surface area contributed by atoms with E-state index in [-0.39, 0.29) is 6.04 Å². The summed E-state index contributed by atoms with van der Waals surface area (Å²) >= 11 is 0. The van der Waals surface area contributed by atoms with Gasteiger partial charge in [-0.25, -0.2) is 0 Å². The summed E-state index contributed by atoms with van der Waals surface area (Å²) < 4.78 is 4.66. The first-order chi connectivity index (χ1) is 5.86. The predicted molar refractivity (Wildman–Crippen MR) is 43.7 cm³/mol. The molecule has 1 atom stereocenters. The van der Waals surface area contributed by atoms with Crippen LogP contribution in [0, 0.1) is 0 Å². The van der Waals surface area contributed by atoms with Crippen LogP contribution in [0.3, 0.4) is 0 Å². The first-order valence-electron chi connectivity index (χ1n) is 4.14. The van der Waals surface area contributed by atoms with Gasteiger partial charge in [-0.2, -0.15) is 0 Å². The Bertz CT molecular complexity index is 236. The van der Waals surface area contributed by atoms with Gasteiger partial charge in [0.2, 0.25) is 0 Å². The molecular weight excluding hydrogens is 156 g/mol. The Hall–Kier alpha value is -1.10. The number of hydrogen-bond donors (Lipinski definition) is 1. The van der Waals surface area contributed by atoms with Crippen LogP contribution in [0.15, 0.2) is 10.8 Å². The molecule has 2 rings (SSSR count). The molecule has 0 spiro atoms. The molecule has 5 heteroatoms. The summed E-state index contributed by atoms with van der Waals surface area (Å²) in [6, 6.07) is 0.260. The summed E-state index contributed by atoms with van der Waals surface area (Å²) in [4.78, 5) is 2.10. The van der Waals surface area contributed by atoms with Crippen LogP contribution in [0.2, 0.25) is 0 Å². The van der Waals surface area contributed by atoms with Crippen molar-refractivity contribution in [1.82, 2.24) is 10.4 Å². The van der Waals surface area contributed by atoms with Crippen LogP contribution < -0.4 is 10.6 Å². The lowest BCUT2D eigenvalue weighted by molar-refractivity contribution is 0.393. The molecule has 0 aromatic carbocycles. The van der Waals surface area contributed by atoms with Crippen molar-refractivity contribution >= 4 is 5.82 Å². The molecule has 1 fully saturated rings. The van der Waals surface area contributed by atoms with Gasteiger partial charge in [-0.05, 0) is 12.8 Å². The average molecular weight is 168 g/mol. The zero-order chi connectivity index (χ0) is 8.39. The van der Waals surface area contributed by atoms with Gasteiger partial charge in [-0.3, -0.25) is 0 Å². The smallest absolute Gasteiger partial charge is 0.192 e. The number of nitrogens with two attached hydrogens (primary N) is 1. The maximum atomic E-state index is 5.81. The van der Waals surface area contributed by atoms with Gasteiger partial charge in [-0.15, -0.1) is 0 Å². The largest absolute Gasteiger partial charge is 0.351 e. The molecule has 1 aliphatic rings. The summed E-state index contributed by atoms with van der Waals surface area (Å²) in [6.07, 6.45) is 3.77. The van der Waals surface area contributed by atoms with E-state index in [0.717, 1.165) is 31.7 Å². The molecule has 0 aliphatic carbocycles. The maximum absolute atomic E-state index is 5.81. The fourth-order valence-corrected chi connectivity index (χ4v) is 1.52. The highest BCUT2D eigenvalue weighted by Gasteiger charge is 2.18. The van der Waals surface area contributed by atoms with E-state index >= 15 is 0 Å². The number of anilines is 1. The van der Waals surface area contributed by atoms with Gasteiger partial charge < -0.3 is 15.2 Å². The molecule has 2 heterocycles.